The summed E-state index contributed by atoms with van der Waals surface area (Å²) in [6, 6.07) is 16.0. The van der Waals surface area contributed by atoms with Crippen molar-refractivity contribution in [3.8, 4) is 17.6 Å². The van der Waals surface area contributed by atoms with Gasteiger partial charge in [-0.25, -0.2) is 9.78 Å². The van der Waals surface area contributed by atoms with E-state index in [9.17, 15) is 10.1 Å². The summed E-state index contributed by atoms with van der Waals surface area (Å²) >= 11 is 0. The predicted molar refractivity (Wildman–Crippen MR) is 116 cm³/mol. The summed E-state index contributed by atoms with van der Waals surface area (Å²) in [4.78, 5) is 20.2. The van der Waals surface area contributed by atoms with Gasteiger partial charge in [0.05, 0.1) is 27.1 Å². The number of urea groups is 1. The molecule has 1 heterocycles. The van der Waals surface area contributed by atoms with Crippen LogP contribution in [0.15, 0.2) is 59.9 Å². The number of anilines is 1. The first-order chi connectivity index (χ1) is 15.0. The highest BCUT2D eigenvalue weighted by atomic mass is 16.5. The minimum absolute atomic E-state index is 0.154. The highest BCUT2D eigenvalue weighted by molar-refractivity contribution is 6.16. The number of nitriles is 1. The van der Waals surface area contributed by atoms with Crippen molar-refractivity contribution in [2.45, 2.75) is 13.1 Å². The minimum Gasteiger partial charge on any atom is -0.497 e. The number of carbonyl (C=O) groups is 1. The molecular formula is C22H22N6O3. The van der Waals surface area contributed by atoms with Gasteiger partial charge in [0.1, 0.15) is 29.1 Å². The second-order valence-corrected chi connectivity index (χ2v) is 6.53. The molecule has 0 aliphatic rings. The number of hydrogen-bond acceptors (Lipinski definition) is 6. The van der Waals surface area contributed by atoms with Crippen molar-refractivity contribution in [1.82, 2.24) is 14.9 Å². The summed E-state index contributed by atoms with van der Waals surface area (Å²) < 4.78 is 11.9. The molecule has 0 saturated heterocycles. The fourth-order valence-electron chi connectivity index (χ4n) is 2.82. The number of nitrogen functional groups attached to an aromatic ring is 1. The molecule has 0 spiro atoms. The standard InChI is InChI=1S/C22H22N6O3/c1-30-17-7-3-15(4-8-17)12-25-22(29)27-19(11-23)20-21(24)28(14-26-20)13-16-5-9-18(31-2)10-6-16/h3-10,14H,12-13,24H2,1-2H3,(H,25,29). The van der Waals surface area contributed by atoms with E-state index in [4.69, 9.17) is 15.2 Å². The summed E-state index contributed by atoms with van der Waals surface area (Å²) in [5, 5.41) is 12.1. The fraction of sp³-hybridized carbons (Fsp3) is 0.182. The molecule has 2 aromatic carbocycles. The number of nitrogens with two attached hydrogens (primary N) is 1. The molecule has 0 aliphatic carbocycles. The molecule has 158 valence electrons. The zero-order valence-corrected chi connectivity index (χ0v) is 17.2. The number of benzene rings is 2. The first kappa shape index (κ1) is 21.4. The summed E-state index contributed by atoms with van der Waals surface area (Å²) in [6.45, 7) is 0.706. The largest absolute Gasteiger partial charge is 0.497 e. The van der Waals surface area contributed by atoms with Crippen LogP contribution in [-0.2, 0) is 13.1 Å². The lowest BCUT2D eigenvalue weighted by atomic mass is 10.2. The van der Waals surface area contributed by atoms with Crippen LogP contribution in [0.5, 0.6) is 11.5 Å². The zero-order valence-electron chi connectivity index (χ0n) is 17.2. The Labute approximate surface area is 179 Å². The molecule has 2 amide bonds. The van der Waals surface area contributed by atoms with Crippen LogP contribution in [0.3, 0.4) is 0 Å². The van der Waals surface area contributed by atoms with Gasteiger partial charge in [-0.3, -0.25) is 0 Å². The maximum atomic E-state index is 12.2. The third-order valence-corrected chi connectivity index (χ3v) is 4.54. The van der Waals surface area contributed by atoms with E-state index in [2.05, 4.69) is 15.3 Å². The van der Waals surface area contributed by atoms with E-state index in [-0.39, 0.29) is 23.8 Å². The van der Waals surface area contributed by atoms with Crippen molar-refractivity contribution < 1.29 is 14.3 Å². The molecule has 9 nitrogen and oxygen atoms in total. The van der Waals surface area contributed by atoms with Crippen LogP contribution in [0.4, 0.5) is 10.6 Å². The van der Waals surface area contributed by atoms with Crippen LogP contribution in [0, 0.1) is 11.3 Å². The maximum Gasteiger partial charge on any atom is 0.342 e. The van der Waals surface area contributed by atoms with Crippen molar-refractivity contribution >= 4 is 17.6 Å². The van der Waals surface area contributed by atoms with Crippen molar-refractivity contribution in [3.63, 3.8) is 0 Å². The average Bonchev–Trinajstić information content (AvgIpc) is 3.16. The lowest BCUT2D eigenvalue weighted by Gasteiger charge is -2.07. The van der Waals surface area contributed by atoms with Gasteiger partial charge in [-0.15, -0.1) is 0 Å². The smallest absolute Gasteiger partial charge is 0.342 e. The number of rotatable bonds is 7. The van der Waals surface area contributed by atoms with Gasteiger partial charge >= 0.3 is 6.03 Å². The monoisotopic (exact) mass is 418 g/mol. The minimum atomic E-state index is -0.656. The average molecular weight is 418 g/mol. The quantitative estimate of drug-likeness (QED) is 0.568. The molecule has 0 unspecified atom stereocenters. The van der Waals surface area contributed by atoms with Crippen LogP contribution >= 0.6 is 0 Å². The van der Waals surface area contributed by atoms with Gasteiger partial charge < -0.3 is 25.1 Å². The van der Waals surface area contributed by atoms with Gasteiger partial charge in [-0.1, -0.05) is 24.3 Å². The number of nitrogens with one attached hydrogen (secondary N) is 1. The second kappa shape index (κ2) is 9.93. The fourth-order valence-corrected chi connectivity index (χ4v) is 2.82. The Morgan fingerprint density at radius 3 is 2.23 bits per heavy atom. The molecule has 3 aromatic rings. The number of ether oxygens (including phenoxy) is 2. The zero-order chi connectivity index (χ0) is 22.2. The Morgan fingerprint density at radius 2 is 1.68 bits per heavy atom. The molecule has 0 saturated carbocycles. The number of amides is 2. The molecule has 0 atom stereocenters. The maximum absolute atomic E-state index is 12.2. The molecule has 31 heavy (non-hydrogen) atoms. The van der Waals surface area contributed by atoms with Crippen LogP contribution in [-0.4, -0.2) is 35.5 Å². The van der Waals surface area contributed by atoms with Crippen molar-refractivity contribution in [2.75, 3.05) is 20.0 Å². The molecular weight excluding hydrogens is 396 g/mol. The van der Waals surface area contributed by atoms with Crippen molar-refractivity contribution in [2.24, 2.45) is 4.99 Å². The van der Waals surface area contributed by atoms with Gasteiger partial charge in [-0.05, 0) is 35.4 Å². The molecule has 0 aliphatic heterocycles. The highest BCUT2D eigenvalue weighted by Crippen LogP contribution is 2.17. The molecule has 0 radical (unpaired) electrons. The third kappa shape index (κ3) is 5.39. The molecule has 3 N–H and O–H groups in total. The van der Waals surface area contributed by atoms with Gasteiger partial charge in [0, 0.05) is 6.54 Å². The lowest BCUT2D eigenvalue weighted by molar-refractivity contribution is 0.249. The number of carbonyl (C=O) groups excluding carboxylic acids is 1. The van der Waals surface area contributed by atoms with E-state index in [0.29, 0.717) is 6.54 Å². The second-order valence-electron chi connectivity index (χ2n) is 6.53. The number of imidazole rings is 1. The molecule has 3 rings (SSSR count). The van der Waals surface area contributed by atoms with Crippen molar-refractivity contribution in [3.05, 3.63) is 71.7 Å². The SMILES string of the molecule is COc1ccc(CNC(=O)N=C(C#N)c2ncn(Cc3ccc(OC)cc3)c2N)cc1. The van der Waals surface area contributed by atoms with Crippen LogP contribution < -0.4 is 20.5 Å². The predicted octanol–water partition coefficient (Wildman–Crippen LogP) is 2.75. The Kier molecular flexibility index (Phi) is 6.85. The van der Waals surface area contributed by atoms with Gasteiger partial charge in [0.25, 0.3) is 0 Å². The summed E-state index contributed by atoms with van der Waals surface area (Å²) in [7, 11) is 3.18. The van der Waals surface area contributed by atoms with Gasteiger partial charge in [-0.2, -0.15) is 10.3 Å². The number of nitrogens with zero attached hydrogens (tertiary/aromatic N) is 4. The number of hydrogen-bond donors (Lipinski definition) is 2. The summed E-state index contributed by atoms with van der Waals surface area (Å²) in [5.74, 6) is 1.72. The first-order valence-corrected chi connectivity index (χ1v) is 9.37. The number of aliphatic imine (C=N–C) groups is 1. The van der Waals surface area contributed by atoms with Gasteiger partial charge in [0.15, 0.2) is 5.71 Å². The Morgan fingerprint density at radius 1 is 1.10 bits per heavy atom. The lowest BCUT2D eigenvalue weighted by Crippen LogP contribution is -2.21. The molecule has 0 bridgehead atoms. The first-order valence-electron chi connectivity index (χ1n) is 9.37. The normalized spacial score (nSPS) is 10.9. The van der Waals surface area contributed by atoms with Gasteiger partial charge in [0.2, 0.25) is 0 Å². The van der Waals surface area contributed by atoms with E-state index in [0.717, 1.165) is 22.6 Å². The molecule has 1 aromatic heterocycles. The Balaban J connectivity index is 1.68. The number of aromatic nitrogens is 2. The van der Waals surface area contributed by atoms with Crippen LogP contribution in [0.2, 0.25) is 0 Å². The molecule has 0 fully saturated rings. The van der Waals surface area contributed by atoms with Crippen molar-refractivity contribution in [1.29, 1.82) is 5.26 Å². The van der Waals surface area contributed by atoms with E-state index in [1.54, 1.807) is 30.9 Å². The van der Waals surface area contributed by atoms with E-state index < -0.39 is 6.03 Å². The van der Waals surface area contributed by atoms with E-state index in [1.807, 2.05) is 42.5 Å². The van der Waals surface area contributed by atoms with Crippen LogP contribution in [0.1, 0.15) is 16.8 Å². The molecule has 9 heteroatoms. The summed E-state index contributed by atoms with van der Waals surface area (Å²) in [6.07, 6.45) is 1.51. The Bertz CT molecular complexity index is 1110. The van der Waals surface area contributed by atoms with E-state index in [1.165, 1.54) is 6.33 Å². The highest BCUT2D eigenvalue weighted by Gasteiger charge is 2.16. The third-order valence-electron chi connectivity index (χ3n) is 4.54. The number of methoxy groups -OCH3 is 2. The Hall–Kier alpha value is -4.32. The van der Waals surface area contributed by atoms with Crippen LogP contribution in [0.25, 0.3) is 0 Å². The van der Waals surface area contributed by atoms with E-state index >= 15 is 0 Å². The summed E-state index contributed by atoms with van der Waals surface area (Å²) in [5.41, 5.74) is 8.00. The topological polar surface area (TPSA) is 128 Å².